The van der Waals surface area contributed by atoms with E-state index in [4.69, 9.17) is 14.2 Å². The molecule has 0 saturated heterocycles. The first-order chi connectivity index (χ1) is 18.7. The number of hydrogen-bond donors (Lipinski definition) is 1. The van der Waals surface area contributed by atoms with Gasteiger partial charge in [-0.2, -0.15) is 0 Å². The molecule has 0 aliphatic rings. The predicted molar refractivity (Wildman–Crippen MR) is 145 cm³/mol. The zero-order valence-electron chi connectivity index (χ0n) is 20.6. The van der Waals surface area contributed by atoms with Gasteiger partial charge < -0.3 is 19.5 Å². The van der Waals surface area contributed by atoms with Crippen molar-refractivity contribution in [3.63, 3.8) is 0 Å². The molecule has 0 aliphatic heterocycles. The molecule has 0 unspecified atom stereocenters. The van der Waals surface area contributed by atoms with Crippen LogP contribution in [0.25, 0.3) is 32.9 Å². The van der Waals surface area contributed by atoms with Crippen molar-refractivity contribution < 1.29 is 14.2 Å². The molecule has 0 saturated carbocycles. The second kappa shape index (κ2) is 9.98. The summed E-state index contributed by atoms with van der Waals surface area (Å²) in [6.45, 7) is 0. The highest BCUT2D eigenvalue weighted by molar-refractivity contribution is 6.00. The van der Waals surface area contributed by atoms with Gasteiger partial charge in [-0.3, -0.25) is 0 Å². The minimum Gasteiger partial charge on any atom is -0.497 e. The second-order valence-corrected chi connectivity index (χ2v) is 8.32. The third-order valence-corrected chi connectivity index (χ3v) is 6.03. The van der Waals surface area contributed by atoms with Gasteiger partial charge in [-0.1, -0.05) is 54.6 Å². The molecule has 0 aliphatic carbocycles. The minimum atomic E-state index is 0.330. The van der Waals surface area contributed by atoms with Crippen molar-refractivity contribution in [1.29, 1.82) is 0 Å². The fraction of sp³-hybridized carbons (Fsp3) is 0.0690. The van der Waals surface area contributed by atoms with Gasteiger partial charge in [-0.05, 0) is 6.07 Å². The van der Waals surface area contributed by atoms with E-state index in [0.29, 0.717) is 40.0 Å². The number of benzene rings is 3. The molecule has 3 heterocycles. The number of pyridine rings is 1. The fourth-order valence-corrected chi connectivity index (χ4v) is 4.21. The third-order valence-electron chi connectivity index (χ3n) is 6.03. The van der Waals surface area contributed by atoms with E-state index in [-0.39, 0.29) is 0 Å². The first kappa shape index (κ1) is 23.1. The van der Waals surface area contributed by atoms with Crippen LogP contribution >= 0.6 is 0 Å². The lowest BCUT2D eigenvalue weighted by atomic mass is 10.0. The highest BCUT2D eigenvalue weighted by Crippen LogP contribution is 2.37. The molecule has 0 fully saturated rings. The number of fused-ring (bicyclic) bond motifs is 2. The lowest BCUT2D eigenvalue weighted by molar-refractivity contribution is 0.395. The first-order valence-corrected chi connectivity index (χ1v) is 11.8. The highest BCUT2D eigenvalue weighted by Gasteiger charge is 2.15. The molecule has 186 valence electrons. The first-order valence-electron chi connectivity index (χ1n) is 11.8. The number of ether oxygens (including phenoxy) is 3. The average molecular weight is 503 g/mol. The zero-order valence-corrected chi connectivity index (χ0v) is 20.6. The Labute approximate surface area is 218 Å². The van der Waals surface area contributed by atoms with Gasteiger partial charge in [0.15, 0.2) is 5.82 Å². The summed E-state index contributed by atoms with van der Waals surface area (Å²) < 4.78 is 16.9. The summed E-state index contributed by atoms with van der Waals surface area (Å²) in [5.41, 5.74) is 3.21. The molecule has 38 heavy (non-hydrogen) atoms. The Balaban J connectivity index is 1.28. The maximum absolute atomic E-state index is 6.01. The van der Waals surface area contributed by atoms with Crippen molar-refractivity contribution in [1.82, 2.24) is 25.1 Å². The number of rotatable bonds is 7. The zero-order chi connectivity index (χ0) is 25.9. The van der Waals surface area contributed by atoms with E-state index in [1.54, 1.807) is 38.6 Å². The Hall–Kier alpha value is -5.31. The lowest BCUT2D eigenvalue weighted by Gasteiger charge is -2.12. The van der Waals surface area contributed by atoms with Crippen LogP contribution in [0, 0.1) is 0 Å². The van der Waals surface area contributed by atoms with Crippen LogP contribution in [-0.4, -0.2) is 39.4 Å². The van der Waals surface area contributed by atoms with Crippen LogP contribution in [0.1, 0.15) is 0 Å². The van der Waals surface area contributed by atoms with Crippen molar-refractivity contribution in [2.45, 2.75) is 0 Å². The lowest BCUT2D eigenvalue weighted by Crippen LogP contribution is -2.00. The number of aromatic nitrogens is 5. The van der Waals surface area contributed by atoms with E-state index in [1.807, 2.05) is 60.7 Å². The van der Waals surface area contributed by atoms with Crippen molar-refractivity contribution in [3.05, 3.63) is 91.4 Å². The Bertz CT molecular complexity index is 1740. The maximum atomic E-state index is 6.01. The van der Waals surface area contributed by atoms with Gasteiger partial charge >= 0.3 is 0 Å². The summed E-state index contributed by atoms with van der Waals surface area (Å²) in [7, 11) is 3.16. The van der Waals surface area contributed by atoms with E-state index >= 15 is 0 Å². The number of methoxy groups -OCH3 is 2. The summed E-state index contributed by atoms with van der Waals surface area (Å²) in [6.07, 6.45) is 3.09. The fourth-order valence-electron chi connectivity index (χ4n) is 4.21. The van der Waals surface area contributed by atoms with E-state index in [2.05, 4.69) is 30.5 Å². The molecule has 6 aromatic rings. The molecule has 0 amide bonds. The van der Waals surface area contributed by atoms with Gasteiger partial charge in [0.05, 0.1) is 31.6 Å². The van der Waals surface area contributed by atoms with Gasteiger partial charge in [-0.15, -0.1) is 10.2 Å². The van der Waals surface area contributed by atoms with Crippen LogP contribution in [-0.2, 0) is 0 Å². The number of hydrogen-bond acceptors (Lipinski definition) is 9. The SMILES string of the molecule is COc1cc(OC)c2c(Oc3ccc(Nc4nnc(-c5ccccc5)c5ccccc45)cn3)ncnc2c1. The Morgan fingerprint density at radius 1 is 0.737 bits per heavy atom. The Morgan fingerprint density at radius 2 is 1.55 bits per heavy atom. The molecule has 9 nitrogen and oxygen atoms in total. The van der Waals surface area contributed by atoms with Crippen LogP contribution in [0.2, 0.25) is 0 Å². The second-order valence-electron chi connectivity index (χ2n) is 8.32. The molecule has 3 aromatic heterocycles. The normalized spacial score (nSPS) is 10.9. The Kier molecular flexibility index (Phi) is 6.07. The maximum Gasteiger partial charge on any atom is 0.236 e. The molecular formula is C29H22N6O3. The molecule has 0 spiro atoms. The summed E-state index contributed by atoms with van der Waals surface area (Å²) in [5, 5.41) is 14.9. The van der Waals surface area contributed by atoms with E-state index in [0.717, 1.165) is 27.7 Å². The van der Waals surface area contributed by atoms with Gasteiger partial charge in [0.1, 0.15) is 28.9 Å². The molecular weight excluding hydrogens is 480 g/mol. The molecule has 0 bridgehead atoms. The van der Waals surface area contributed by atoms with Gasteiger partial charge in [-0.25, -0.2) is 15.0 Å². The molecule has 6 rings (SSSR count). The van der Waals surface area contributed by atoms with Crippen LogP contribution in [0.15, 0.2) is 91.4 Å². The summed E-state index contributed by atoms with van der Waals surface area (Å²) >= 11 is 0. The van der Waals surface area contributed by atoms with Crippen molar-refractivity contribution in [3.8, 4) is 34.5 Å². The van der Waals surface area contributed by atoms with Gasteiger partial charge in [0, 0.05) is 34.5 Å². The molecule has 0 radical (unpaired) electrons. The van der Waals surface area contributed by atoms with E-state index in [9.17, 15) is 0 Å². The summed E-state index contributed by atoms with van der Waals surface area (Å²) in [6, 6.07) is 25.2. The van der Waals surface area contributed by atoms with E-state index in [1.165, 1.54) is 6.33 Å². The van der Waals surface area contributed by atoms with Gasteiger partial charge in [0.25, 0.3) is 0 Å². The average Bonchev–Trinajstić information content (AvgIpc) is 2.98. The monoisotopic (exact) mass is 502 g/mol. The molecule has 9 heteroatoms. The number of anilines is 2. The van der Waals surface area contributed by atoms with Crippen LogP contribution in [0.3, 0.4) is 0 Å². The van der Waals surface area contributed by atoms with Crippen LogP contribution in [0.4, 0.5) is 11.5 Å². The van der Waals surface area contributed by atoms with Gasteiger partial charge in [0.2, 0.25) is 11.8 Å². The quantitative estimate of drug-likeness (QED) is 0.274. The van der Waals surface area contributed by atoms with Crippen LogP contribution in [0.5, 0.6) is 23.3 Å². The predicted octanol–water partition coefficient (Wildman–Crippen LogP) is 6.19. The third kappa shape index (κ3) is 4.37. The standard InChI is InChI=1S/C29H22N6O3/c1-36-20-14-23-26(24(15-20)37-2)29(32-17-31-23)38-25-13-12-19(16-30-25)33-28-22-11-7-6-10-21(22)27(34-35-28)18-8-4-3-5-9-18/h3-17H,1-2H3,(H,33,35). The summed E-state index contributed by atoms with van der Waals surface area (Å²) in [4.78, 5) is 13.1. The van der Waals surface area contributed by atoms with Crippen molar-refractivity contribution in [2.24, 2.45) is 0 Å². The number of nitrogens with one attached hydrogen (secondary N) is 1. The highest BCUT2D eigenvalue weighted by atomic mass is 16.5. The molecule has 0 atom stereocenters. The minimum absolute atomic E-state index is 0.330. The number of nitrogens with zero attached hydrogens (tertiary/aromatic N) is 5. The van der Waals surface area contributed by atoms with E-state index < -0.39 is 0 Å². The van der Waals surface area contributed by atoms with Crippen molar-refractivity contribution >= 4 is 33.2 Å². The Morgan fingerprint density at radius 3 is 2.32 bits per heavy atom. The largest absolute Gasteiger partial charge is 0.497 e. The smallest absolute Gasteiger partial charge is 0.236 e. The molecule has 3 aromatic carbocycles. The van der Waals surface area contributed by atoms with Crippen molar-refractivity contribution in [2.75, 3.05) is 19.5 Å². The summed E-state index contributed by atoms with van der Waals surface area (Å²) in [5.74, 6) is 2.49. The topological polar surface area (TPSA) is 104 Å². The van der Waals surface area contributed by atoms with Crippen LogP contribution < -0.4 is 19.5 Å². The molecule has 1 N–H and O–H groups in total.